The molecular weight excluding hydrogens is 1390 g/mol. The van der Waals surface area contributed by atoms with Crippen molar-refractivity contribution >= 4 is 11.4 Å². The van der Waals surface area contributed by atoms with Crippen LogP contribution in [0.15, 0.2) is 24.3 Å². The van der Waals surface area contributed by atoms with Crippen molar-refractivity contribution in [3.63, 3.8) is 0 Å². The number of ether oxygens (including phenoxy) is 2. The maximum absolute atomic E-state index is 5.96. The van der Waals surface area contributed by atoms with Crippen LogP contribution in [0.3, 0.4) is 0 Å². The summed E-state index contributed by atoms with van der Waals surface area (Å²) in [6.07, 6.45) is 5.31. The van der Waals surface area contributed by atoms with Crippen molar-refractivity contribution in [2.24, 2.45) is 98.6 Å². The molecule has 2 saturated heterocycles. The molecule has 1 aromatic heterocycles. The average Bonchev–Trinajstić information content (AvgIpc) is 0.817. The number of anilines is 2. The number of aromatic nitrogens is 1. The van der Waals surface area contributed by atoms with E-state index in [1.807, 2.05) is 0 Å². The molecule has 2 saturated carbocycles. The second-order valence-corrected chi connectivity index (χ2v) is 47.1. The van der Waals surface area contributed by atoms with Gasteiger partial charge in [0.15, 0.2) is 0 Å². The molecule has 4 fully saturated rings. The van der Waals surface area contributed by atoms with Crippen LogP contribution in [0.1, 0.15) is 359 Å². The molecule has 114 heavy (non-hydrogen) atoms. The van der Waals surface area contributed by atoms with Gasteiger partial charge in [0.25, 0.3) is 0 Å². The smallest absolute Gasteiger partial charge is 0.145 e. The van der Waals surface area contributed by atoms with Crippen LogP contribution in [0.5, 0.6) is 11.5 Å². The molecule has 16 unspecified atom stereocenters. The maximum Gasteiger partial charge on any atom is 0.145 e. The molecule has 16 atom stereocenters. The maximum atomic E-state index is 5.96. The summed E-state index contributed by atoms with van der Waals surface area (Å²) < 4.78 is 11.8. The molecule has 7 nitrogen and oxygen atoms in total. The third kappa shape index (κ3) is 27.2. The Labute approximate surface area is 711 Å². The Bertz CT molecular complexity index is 3580. The number of hydrogen-bond acceptors (Lipinski definition) is 7. The fraction of sp³-hybridized carbons (Fsp3) is 0.785. The summed E-state index contributed by atoms with van der Waals surface area (Å²) in [6.45, 7) is 114. The topological polar surface area (TPSA) is 44.3 Å². The van der Waals surface area contributed by atoms with E-state index in [-0.39, 0.29) is 21.7 Å². The zero-order valence-corrected chi connectivity index (χ0v) is 85.5. The van der Waals surface area contributed by atoms with Crippen molar-refractivity contribution < 1.29 is 9.47 Å². The van der Waals surface area contributed by atoms with Crippen molar-refractivity contribution in [1.29, 1.82) is 0 Å². The van der Waals surface area contributed by atoms with Crippen LogP contribution in [0.4, 0.5) is 11.4 Å². The highest BCUT2D eigenvalue weighted by Crippen LogP contribution is 2.52. The summed E-state index contributed by atoms with van der Waals surface area (Å²) >= 11 is 0. The summed E-state index contributed by atoms with van der Waals surface area (Å²) in [4.78, 5) is 14.1. The second-order valence-electron chi connectivity index (χ2n) is 47.1. The van der Waals surface area contributed by atoms with E-state index in [1.165, 1.54) is 110 Å². The quantitative estimate of drug-likeness (QED) is 0.174. The second kappa shape index (κ2) is 40.5. The summed E-state index contributed by atoms with van der Waals surface area (Å²) in [7, 11) is 8.81. The molecule has 10 rings (SSSR count). The van der Waals surface area contributed by atoms with Gasteiger partial charge < -0.3 is 29.1 Å². The van der Waals surface area contributed by atoms with Crippen molar-refractivity contribution in [2.75, 3.05) is 70.8 Å². The first kappa shape index (κ1) is 104. The fourth-order valence-corrected chi connectivity index (χ4v) is 20.5. The Morgan fingerprint density at radius 3 is 1.04 bits per heavy atom. The number of benzene rings is 3. The molecule has 0 spiro atoms. The van der Waals surface area contributed by atoms with E-state index in [0.29, 0.717) is 21.7 Å². The number of likely N-dealkylation sites (N-methyl/N-ethyl adjacent to an activating group) is 1. The lowest BCUT2D eigenvalue weighted by atomic mass is 9.58. The molecule has 7 heteroatoms. The van der Waals surface area contributed by atoms with Gasteiger partial charge >= 0.3 is 0 Å². The zero-order valence-electron chi connectivity index (χ0n) is 85.5. The van der Waals surface area contributed by atoms with Gasteiger partial charge in [-0.05, 0) is 347 Å². The Morgan fingerprint density at radius 2 is 0.675 bits per heavy atom. The first-order chi connectivity index (χ1) is 51.4. The molecule has 3 aromatic carbocycles. The van der Waals surface area contributed by atoms with Crippen LogP contribution in [0, 0.1) is 175 Å². The van der Waals surface area contributed by atoms with Crippen LogP contribution < -0.4 is 19.3 Å². The number of rotatable bonds is 0. The molecule has 0 N–H and O–H groups in total. The SMILES string of the molecule is CC1C(C)N(C)C(C)CC1C(C)(C)C.CC1C(C)N(C)CC1C(C)(C)C.CC1CC(C(C)(C)C)C(C)C(C)C1C.CC1CC(C(C)(C)C)C(C)C1C.Cc1c(C(C)(C)C)cc2c(c1C)OCCCN2C.Cc1c(C(C)(C)C)cc2c(c1C)OCCN2C.Cc1cc(C(C)(C)C)c(C)c(C)c1C.Cc1cc(C(C)(C)C)c(C)c(C)n1. The lowest BCUT2D eigenvalue weighted by Crippen LogP contribution is -2.51. The number of likely N-dealkylation sites (tertiary alicyclic amines) is 2. The molecule has 2 aliphatic carbocycles. The van der Waals surface area contributed by atoms with Gasteiger partial charge in [0.05, 0.1) is 24.5 Å². The highest BCUT2D eigenvalue weighted by atomic mass is 16.5. The molecule has 4 aromatic rings. The third-order valence-electron chi connectivity index (χ3n) is 30.5. The minimum Gasteiger partial charge on any atom is -0.491 e. The van der Waals surface area contributed by atoms with Crippen molar-refractivity contribution in [3.8, 4) is 11.5 Å². The van der Waals surface area contributed by atoms with Gasteiger partial charge in [-0.3, -0.25) is 4.98 Å². The van der Waals surface area contributed by atoms with Gasteiger partial charge in [-0.1, -0.05) is 235 Å². The summed E-state index contributed by atoms with van der Waals surface area (Å²) in [6, 6.07) is 11.4. The van der Waals surface area contributed by atoms with Gasteiger partial charge in [-0.2, -0.15) is 0 Å². The van der Waals surface area contributed by atoms with Crippen LogP contribution in [0.25, 0.3) is 0 Å². The fourth-order valence-electron chi connectivity index (χ4n) is 20.5. The molecular formula is C107H191N5O2. The molecule has 6 aliphatic rings. The largest absolute Gasteiger partial charge is 0.491 e. The molecule has 0 amide bonds. The van der Waals surface area contributed by atoms with Crippen molar-refractivity contribution in [1.82, 2.24) is 14.8 Å². The molecule has 0 bridgehead atoms. The van der Waals surface area contributed by atoms with E-state index < -0.39 is 0 Å². The Hall–Kier alpha value is -4.07. The first-order valence-electron chi connectivity index (χ1n) is 45.8. The monoisotopic (exact) mass is 1580 g/mol. The Kier molecular flexibility index (Phi) is 37.0. The van der Waals surface area contributed by atoms with Crippen LogP contribution in [0.2, 0.25) is 0 Å². The number of pyridine rings is 1. The van der Waals surface area contributed by atoms with Gasteiger partial charge in [0, 0.05) is 56.7 Å². The van der Waals surface area contributed by atoms with Crippen LogP contribution >= 0.6 is 0 Å². The van der Waals surface area contributed by atoms with E-state index >= 15 is 0 Å². The Balaban J connectivity index is 0.000000339. The lowest BCUT2D eigenvalue weighted by molar-refractivity contribution is -0.00235. The van der Waals surface area contributed by atoms with Crippen LogP contribution in [-0.2, 0) is 21.7 Å². The highest BCUT2D eigenvalue weighted by molar-refractivity contribution is 5.68. The van der Waals surface area contributed by atoms with Gasteiger partial charge in [-0.25, -0.2) is 0 Å². The lowest BCUT2D eigenvalue weighted by Gasteiger charge is -2.49. The van der Waals surface area contributed by atoms with Gasteiger partial charge in [-0.15, -0.1) is 0 Å². The highest BCUT2D eigenvalue weighted by Gasteiger charge is 2.45. The van der Waals surface area contributed by atoms with Crippen molar-refractivity contribution in [2.45, 2.75) is 391 Å². The average molecular weight is 1580 g/mol. The minimum absolute atomic E-state index is 0.178. The van der Waals surface area contributed by atoms with Crippen LogP contribution in [-0.4, -0.2) is 93.9 Å². The van der Waals surface area contributed by atoms with E-state index in [2.05, 4.69) is 402 Å². The summed E-state index contributed by atoms with van der Waals surface area (Å²) in [5, 5.41) is 0. The molecule has 656 valence electrons. The van der Waals surface area contributed by atoms with Gasteiger partial charge in [0.2, 0.25) is 0 Å². The minimum atomic E-state index is 0.178. The molecule has 4 aliphatic heterocycles. The van der Waals surface area contributed by atoms with E-state index in [9.17, 15) is 0 Å². The number of aryl methyl sites for hydroxylation is 3. The number of piperidine rings is 1. The molecule has 5 heterocycles. The summed E-state index contributed by atoms with van der Waals surface area (Å²) in [5.74, 6) is 13.7. The standard InChI is InChI=1S/C16H25NO.C15H23NO.C14H28.C14H22.C13H27N.C12H19N.C12H24.C11H23N/c1-11-12(2)15-14(10-13(11)16(3,4)5)17(6)8-7-9-18-15;1-10-11(2)14-13(16(6)7-8-17-14)9-12(10)15(3,4)5;2*1-9-8-13(14(5,6)7)12(4)11(3)10(9)2;1-9-8-12(13(4,5)6)10(2)11(3)14(9)7;1-8-7-11(12(4,5)6)9(2)10(3)13-8;1-8-7-11(12(4,5)6)10(3)9(8)2;1-8-9(2)12(6)7-10(8)11(3,4)5/h10H,7-9H2,1-6H3;9H,7-8H2,1-6H3;9-13H,8H2,1-7H3;8H,1-7H3;9-12H,8H2,1-7H3;7H,1-6H3;8-11H,7H2,1-6H3;8-10H,7H2,1-6H3. The Morgan fingerprint density at radius 1 is 0.333 bits per heavy atom. The normalized spacial score (nSPS) is 27.0. The van der Waals surface area contributed by atoms with Crippen molar-refractivity contribution in [3.05, 3.63) is 108 Å². The zero-order chi connectivity index (χ0) is 88.8. The van der Waals surface area contributed by atoms with E-state index in [0.717, 1.165) is 151 Å². The summed E-state index contributed by atoms with van der Waals surface area (Å²) in [5.41, 5.74) is 25.7. The van der Waals surface area contributed by atoms with E-state index in [1.54, 1.807) is 0 Å². The molecule has 0 radical (unpaired) electrons. The number of nitrogens with zero attached hydrogens (tertiary/aromatic N) is 5. The number of fused-ring (bicyclic) bond motifs is 2. The van der Waals surface area contributed by atoms with E-state index in [4.69, 9.17) is 9.47 Å². The predicted octanol–water partition coefficient (Wildman–Crippen LogP) is 29.3. The first-order valence-corrected chi connectivity index (χ1v) is 45.8. The predicted molar refractivity (Wildman–Crippen MR) is 510 cm³/mol. The third-order valence-corrected chi connectivity index (χ3v) is 30.5. The van der Waals surface area contributed by atoms with Gasteiger partial charge in [0.1, 0.15) is 18.1 Å². The number of hydrogen-bond donors (Lipinski definition) is 0.